The molecule has 2 rings (SSSR count). The van der Waals surface area contributed by atoms with E-state index in [9.17, 15) is 9.18 Å². The van der Waals surface area contributed by atoms with E-state index in [0.717, 1.165) is 6.42 Å². The number of amides is 1. The molecule has 0 aromatic heterocycles. The third-order valence-electron chi connectivity index (χ3n) is 4.37. The van der Waals surface area contributed by atoms with E-state index in [2.05, 4.69) is 19.2 Å². The highest BCUT2D eigenvalue weighted by Crippen LogP contribution is 2.29. The Morgan fingerprint density at radius 3 is 2.38 bits per heavy atom. The van der Waals surface area contributed by atoms with Gasteiger partial charge in [-0.25, -0.2) is 4.39 Å². The number of carbonyl (C=O) groups is 1. The second-order valence-corrected chi connectivity index (χ2v) is 6.61. The van der Waals surface area contributed by atoms with Crippen LogP contribution < -0.4 is 5.32 Å². The van der Waals surface area contributed by atoms with E-state index in [1.165, 1.54) is 44.2 Å². The van der Waals surface area contributed by atoms with Crippen molar-refractivity contribution in [3.05, 3.63) is 35.6 Å². The summed E-state index contributed by atoms with van der Waals surface area (Å²) in [4.78, 5) is 12.4. The van der Waals surface area contributed by atoms with Gasteiger partial charge in [-0.1, -0.05) is 33.1 Å². The molecule has 0 heterocycles. The average molecular weight is 291 g/mol. The zero-order valence-corrected chi connectivity index (χ0v) is 13.1. The molecule has 0 aliphatic heterocycles. The lowest BCUT2D eigenvalue weighted by Gasteiger charge is -2.32. The molecule has 1 N–H and O–H groups in total. The first-order chi connectivity index (χ1) is 10.1. The third-order valence-corrected chi connectivity index (χ3v) is 4.37. The lowest BCUT2D eigenvalue weighted by atomic mass is 9.81. The molecule has 1 aliphatic rings. The minimum Gasteiger partial charge on any atom is -0.349 e. The number of hydrogen-bond acceptors (Lipinski definition) is 1. The molecule has 1 atom stereocenters. The minimum atomic E-state index is -0.308. The number of carbonyl (C=O) groups excluding carboxylic acids is 1. The Labute approximate surface area is 127 Å². The highest BCUT2D eigenvalue weighted by atomic mass is 19.1. The van der Waals surface area contributed by atoms with Crippen molar-refractivity contribution in [1.82, 2.24) is 5.32 Å². The van der Waals surface area contributed by atoms with Gasteiger partial charge < -0.3 is 5.32 Å². The van der Waals surface area contributed by atoms with E-state index in [4.69, 9.17) is 0 Å². The Kier molecular flexibility index (Phi) is 5.77. The molecule has 2 nitrogen and oxygen atoms in total. The lowest BCUT2D eigenvalue weighted by molar-refractivity contribution is 0.0904. The fraction of sp³-hybridized carbons (Fsp3) is 0.611. The molecule has 1 saturated carbocycles. The molecule has 0 bridgehead atoms. The highest BCUT2D eigenvalue weighted by molar-refractivity contribution is 5.94. The predicted molar refractivity (Wildman–Crippen MR) is 83.7 cm³/mol. The van der Waals surface area contributed by atoms with Crippen LogP contribution >= 0.6 is 0 Å². The molecule has 21 heavy (non-hydrogen) atoms. The second kappa shape index (κ2) is 7.58. The zero-order chi connectivity index (χ0) is 15.2. The van der Waals surface area contributed by atoms with E-state index >= 15 is 0 Å². The molecular weight excluding hydrogens is 265 g/mol. The van der Waals surface area contributed by atoms with E-state index in [1.54, 1.807) is 12.1 Å². The van der Waals surface area contributed by atoms with Crippen LogP contribution in [0.5, 0.6) is 0 Å². The molecular formula is C18H26FNO. The SMILES string of the molecule is CC(C)C[C@@H](NC(=O)c1ccc(F)cc1)C1CCCCC1. The summed E-state index contributed by atoms with van der Waals surface area (Å²) in [6, 6.07) is 6.03. The van der Waals surface area contributed by atoms with Crippen LogP contribution in [-0.2, 0) is 0 Å². The smallest absolute Gasteiger partial charge is 0.251 e. The van der Waals surface area contributed by atoms with Crippen LogP contribution in [0, 0.1) is 17.7 Å². The van der Waals surface area contributed by atoms with Gasteiger partial charge in [0.25, 0.3) is 5.91 Å². The monoisotopic (exact) mass is 291 g/mol. The summed E-state index contributed by atoms with van der Waals surface area (Å²) < 4.78 is 12.9. The number of hydrogen-bond donors (Lipinski definition) is 1. The molecule has 1 amide bonds. The zero-order valence-electron chi connectivity index (χ0n) is 13.1. The normalized spacial score (nSPS) is 17.7. The maximum Gasteiger partial charge on any atom is 0.251 e. The standard InChI is InChI=1S/C18H26FNO/c1-13(2)12-17(14-6-4-3-5-7-14)20-18(21)15-8-10-16(19)11-9-15/h8-11,13-14,17H,3-7,12H2,1-2H3,(H,20,21)/t17-/m1/s1. The summed E-state index contributed by atoms with van der Waals surface area (Å²) in [6.07, 6.45) is 7.29. The van der Waals surface area contributed by atoms with Crippen molar-refractivity contribution >= 4 is 5.91 Å². The summed E-state index contributed by atoms with van der Waals surface area (Å²) in [6.45, 7) is 4.39. The van der Waals surface area contributed by atoms with E-state index in [0.29, 0.717) is 17.4 Å². The molecule has 1 fully saturated rings. The molecule has 0 unspecified atom stereocenters. The van der Waals surface area contributed by atoms with Gasteiger partial charge in [0, 0.05) is 11.6 Å². The number of nitrogens with one attached hydrogen (secondary N) is 1. The van der Waals surface area contributed by atoms with Gasteiger partial charge in [-0.2, -0.15) is 0 Å². The minimum absolute atomic E-state index is 0.0776. The molecule has 0 radical (unpaired) electrons. The van der Waals surface area contributed by atoms with Crippen LogP contribution in [-0.4, -0.2) is 11.9 Å². The number of benzene rings is 1. The van der Waals surface area contributed by atoms with Crippen LogP contribution in [0.3, 0.4) is 0 Å². The first-order valence-corrected chi connectivity index (χ1v) is 8.12. The van der Waals surface area contributed by atoms with Gasteiger partial charge in [-0.3, -0.25) is 4.79 Å². The van der Waals surface area contributed by atoms with Gasteiger partial charge in [-0.15, -0.1) is 0 Å². The predicted octanol–water partition coefficient (Wildman–Crippen LogP) is 4.55. The quantitative estimate of drug-likeness (QED) is 0.847. The van der Waals surface area contributed by atoms with Gasteiger partial charge >= 0.3 is 0 Å². The van der Waals surface area contributed by atoms with Gasteiger partial charge in [0.1, 0.15) is 5.82 Å². The number of rotatable bonds is 5. The summed E-state index contributed by atoms with van der Waals surface area (Å²) in [7, 11) is 0. The Morgan fingerprint density at radius 1 is 1.19 bits per heavy atom. The van der Waals surface area contributed by atoms with E-state index in [-0.39, 0.29) is 17.8 Å². The van der Waals surface area contributed by atoms with Crippen LogP contribution in [0.2, 0.25) is 0 Å². The Bertz CT molecular complexity index is 449. The van der Waals surface area contributed by atoms with Gasteiger partial charge in [-0.05, 0) is 55.4 Å². The summed E-state index contributed by atoms with van der Waals surface area (Å²) >= 11 is 0. The van der Waals surface area contributed by atoms with Crippen molar-refractivity contribution in [3.63, 3.8) is 0 Å². The van der Waals surface area contributed by atoms with Crippen LogP contribution in [0.1, 0.15) is 62.7 Å². The molecule has 1 aromatic carbocycles. The Hall–Kier alpha value is -1.38. The first kappa shape index (κ1) is 16.0. The number of halogens is 1. The summed E-state index contributed by atoms with van der Waals surface area (Å²) in [5.41, 5.74) is 0.543. The van der Waals surface area contributed by atoms with Crippen LogP contribution in [0.4, 0.5) is 4.39 Å². The van der Waals surface area contributed by atoms with Crippen LogP contribution in [0.15, 0.2) is 24.3 Å². The molecule has 3 heteroatoms. The summed E-state index contributed by atoms with van der Waals surface area (Å²) in [5.74, 6) is 0.764. The van der Waals surface area contributed by atoms with E-state index < -0.39 is 0 Å². The fourth-order valence-electron chi connectivity index (χ4n) is 3.27. The third kappa shape index (κ3) is 4.83. The topological polar surface area (TPSA) is 29.1 Å². The Balaban J connectivity index is 2.02. The first-order valence-electron chi connectivity index (χ1n) is 8.12. The highest BCUT2D eigenvalue weighted by Gasteiger charge is 2.26. The van der Waals surface area contributed by atoms with Gasteiger partial charge in [0.15, 0.2) is 0 Å². The largest absolute Gasteiger partial charge is 0.349 e. The summed E-state index contributed by atoms with van der Waals surface area (Å²) in [5, 5.41) is 3.19. The molecule has 0 spiro atoms. The fourth-order valence-corrected chi connectivity index (χ4v) is 3.27. The van der Waals surface area contributed by atoms with Crippen molar-refractivity contribution in [2.75, 3.05) is 0 Å². The Morgan fingerprint density at radius 2 is 1.81 bits per heavy atom. The van der Waals surface area contributed by atoms with Crippen molar-refractivity contribution in [3.8, 4) is 0 Å². The molecule has 0 saturated heterocycles. The lowest BCUT2D eigenvalue weighted by Crippen LogP contribution is -2.42. The second-order valence-electron chi connectivity index (χ2n) is 6.61. The van der Waals surface area contributed by atoms with Crippen molar-refractivity contribution < 1.29 is 9.18 Å². The maximum atomic E-state index is 12.9. The average Bonchev–Trinajstić information content (AvgIpc) is 2.47. The van der Waals surface area contributed by atoms with Gasteiger partial charge in [0.05, 0.1) is 0 Å². The molecule has 116 valence electrons. The molecule has 1 aromatic rings. The van der Waals surface area contributed by atoms with E-state index in [1.807, 2.05) is 0 Å². The van der Waals surface area contributed by atoms with Crippen molar-refractivity contribution in [2.24, 2.45) is 11.8 Å². The van der Waals surface area contributed by atoms with Crippen molar-refractivity contribution in [1.29, 1.82) is 0 Å². The van der Waals surface area contributed by atoms with Crippen molar-refractivity contribution in [2.45, 2.75) is 58.4 Å². The maximum absolute atomic E-state index is 12.9. The molecule has 1 aliphatic carbocycles. The van der Waals surface area contributed by atoms with Gasteiger partial charge in [0.2, 0.25) is 0 Å². The van der Waals surface area contributed by atoms with Crippen LogP contribution in [0.25, 0.3) is 0 Å².